The van der Waals surface area contributed by atoms with Gasteiger partial charge in [-0.2, -0.15) is 14.6 Å². The fourth-order valence-corrected chi connectivity index (χ4v) is 2.74. The van der Waals surface area contributed by atoms with Gasteiger partial charge in [0.15, 0.2) is 0 Å². The van der Waals surface area contributed by atoms with Gasteiger partial charge in [0.1, 0.15) is 18.2 Å². The highest BCUT2D eigenvalue weighted by Crippen LogP contribution is 2.24. The number of para-hydroxylation sites is 1. The predicted molar refractivity (Wildman–Crippen MR) is 87.7 cm³/mol. The smallest absolute Gasteiger partial charge is 0.254 e. The monoisotopic (exact) mass is 324 g/mol. The van der Waals surface area contributed by atoms with Gasteiger partial charge in [0.2, 0.25) is 0 Å². The lowest BCUT2D eigenvalue weighted by atomic mass is 10.1. The highest BCUT2D eigenvalue weighted by Gasteiger charge is 2.38. The number of hydrogen-bond acceptors (Lipinski definition) is 6. The maximum Gasteiger partial charge on any atom is 0.254 e. The Morgan fingerprint density at radius 2 is 2.17 bits per heavy atom. The van der Waals surface area contributed by atoms with E-state index >= 15 is 0 Å². The van der Waals surface area contributed by atoms with E-state index in [9.17, 15) is 4.79 Å². The molecule has 0 aliphatic carbocycles. The van der Waals surface area contributed by atoms with Crippen molar-refractivity contribution < 1.29 is 9.53 Å². The van der Waals surface area contributed by atoms with E-state index in [1.165, 1.54) is 6.33 Å². The van der Waals surface area contributed by atoms with Crippen LogP contribution in [0.5, 0.6) is 0 Å². The number of aromatic nitrogens is 4. The van der Waals surface area contributed by atoms with Crippen LogP contribution in [-0.4, -0.2) is 45.2 Å². The van der Waals surface area contributed by atoms with Crippen molar-refractivity contribution >= 4 is 23.2 Å². The maximum absolute atomic E-state index is 12.4. The summed E-state index contributed by atoms with van der Waals surface area (Å²) in [5.74, 6) is 1.17. The molecule has 1 N–H and O–H groups in total. The summed E-state index contributed by atoms with van der Waals surface area (Å²) in [6, 6.07) is 11.1. The van der Waals surface area contributed by atoms with Gasteiger partial charge >= 0.3 is 0 Å². The average molecular weight is 324 g/mol. The van der Waals surface area contributed by atoms with E-state index in [4.69, 9.17) is 4.74 Å². The van der Waals surface area contributed by atoms with Crippen LogP contribution in [0.25, 0.3) is 5.78 Å². The SMILES string of the molecule is COCc1cc(N[C@@H]2CN(c3ccccc3)C2=O)n2ncnc2n1. The molecule has 8 nitrogen and oxygen atoms in total. The summed E-state index contributed by atoms with van der Waals surface area (Å²) >= 11 is 0. The van der Waals surface area contributed by atoms with E-state index in [-0.39, 0.29) is 11.9 Å². The van der Waals surface area contributed by atoms with Gasteiger partial charge in [-0.1, -0.05) is 18.2 Å². The molecular formula is C16H16N6O2. The first kappa shape index (κ1) is 14.6. The third kappa shape index (κ3) is 2.46. The van der Waals surface area contributed by atoms with Crippen LogP contribution >= 0.6 is 0 Å². The zero-order valence-corrected chi connectivity index (χ0v) is 13.1. The Balaban J connectivity index is 1.55. The summed E-state index contributed by atoms with van der Waals surface area (Å²) in [7, 11) is 1.61. The highest BCUT2D eigenvalue weighted by atomic mass is 16.5. The van der Waals surface area contributed by atoms with Gasteiger partial charge in [0.05, 0.1) is 18.8 Å². The molecule has 0 bridgehead atoms. The average Bonchev–Trinajstić information content (AvgIpc) is 3.07. The summed E-state index contributed by atoms with van der Waals surface area (Å²) < 4.78 is 6.71. The Bertz CT molecular complexity index is 879. The van der Waals surface area contributed by atoms with Crippen LogP contribution in [0.1, 0.15) is 5.69 Å². The lowest BCUT2D eigenvalue weighted by molar-refractivity contribution is -0.123. The van der Waals surface area contributed by atoms with E-state index in [0.29, 0.717) is 24.7 Å². The number of hydrogen-bond donors (Lipinski definition) is 1. The lowest BCUT2D eigenvalue weighted by Gasteiger charge is -2.39. The predicted octanol–water partition coefficient (Wildman–Crippen LogP) is 1.10. The molecule has 1 fully saturated rings. The molecule has 1 aliphatic heterocycles. The zero-order valence-electron chi connectivity index (χ0n) is 13.1. The second kappa shape index (κ2) is 5.89. The molecule has 3 heterocycles. The topological polar surface area (TPSA) is 84.7 Å². The van der Waals surface area contributed by atoms with Crippen LogP contribution in [0, 0.1) is 0 Å². The molecule has 1 atom stereocenters. The van der Waals surface area contributed by atoms with Crippen molar-refractivity contribution in [3.63, 3.8) is 0 Å². The first-order valence-electron chi connectivity index (χ1n) is 7.58. The zero-order chi connectivity index (χ0) is 16.5. The van der Waals surface area contributed by atoms with Crippen LogP contribution in [0.4, 0.5) is 11.5 Å². The van der Waals surface area contributed by atoms with Gasteiger partial charge in [-0.15, -0.1) is 0 Å². The molecule has 1 amide bonds. The van der Waals surface area contributed by atoms with Gasteiger partial charge in [0.25, 0.3) is 11.7 Å². The van der Waals surface area contributed by atoms with Crippen molar-refractivity contribution in [3.8, 4) is 0 Å². The first-order chi connectivity index (χ1) is 11.8. The molecule has 1 saturated heterocycles. The number of benzene rings is 1. The van der Waals surface area contributed by atoms with Gasteiger partial charge in [-0.25, -0.2) is 4.98 Å². The Morgan fingerprint density at radius 3 is 2.92 bits per heavy atom. The van der Waals surface area contributed by atoms with Gasteiger partial charge in [-0.05, 0) is 12.1 Å². The fourth-order valence-electron chi connectivity index (χ4n) is 2.74. The summed E-state index contributed by atoms with van der Waals surface area (Å²) in [6.07, 6.45) is 1.43. The molecule has 4 rings (SSSR count). The number of nitrogens with one attached hydrogen (secondary N) is 1. The van der Waals surface area contributed by atoms with Crippen LogP contribution in [0.2, 0.25) is 0 Å². The number of anilines is 2. The second-order valence-corrected chi connectivity index (χ2v) is 5.52. The van der Waals surface area contributed by atoms with Crippen molar-refractivity contribution in [2.24, 2.45) is 0 Å². The number of amides is 1. The Kier molecular flexibility index (Phi) is 3.58. The first-order valence-corrected chi connectivity index (χ1v) is 7.58. The summed E-state index contributed by atoms with van der Waals surface area (Å²) in [4.78, 5) is 22.6. The number of methoxy groups -OCH3 is 1. The molecule has 0 radical (unpaired) electrons. The van der Waals surface area contributed by atoms with Crippen molar-refractivity contribution in [1.82, 2.24) is 19.6 Å². The van der Waals surface area contributed by atoms with Crippen molar-refractivity contribution in [2.75, 3.05) is 23.9 Å². The molecule has 8 heteroatoms. The Hall–Kier alpha value is -3.00. The minimum Gasteiger partial charge on any atom is -0.378 e. The summed E-state index contributed by atoms with van der Waals surface area (Å²) in [5, 5.41) is 7.38. The van der Waals surface area contributed by atoms with Crippen molar-refractivity contribution in [3.05, 3.63) is 48.4 Å². The minimum absolute atomic E-state index is 0.0274. The van der Waals surface area contributed by atoms with Gasteiger partial charge < -0.3 is 15.0 Å². The van der Waals surface area contributed by atoms with Crippen LogP contribution in [0.3, 0.4) is 0 Å². The fraction of sp³-hybridized carbons (Fsp3) is 0.250. The minimum atomic E-state index is -0.296. The molecule has 0 saturated carbocycles. The largest absolute Gasteiger partial charge is 0.378 e. The number of ether oxygens (including phenoxy) is 1. The maximum atomic E-state index is 12.4. The molecule has 0 unspecified atom stereocenters. The Labute approximate surface area is 138 Å². The number of carbonyl (C=O) groups excluding carboxylic acids is 1. The normalized spacial score (nSPS) is 17.1. The van der Waals surface area contributed by atoms with E-state index < -0.39 is 0 Å². The number of nitrogens with zero attached hydrogens (tertiary/aromatic N) is 5. The van der Waals surface area contributed by atoms with E-state index in [1.807, 2.05) is 36.4 Å². The number of rotatable bonds is 5. The third-order valence-electron chi connectivity index (χ3n) is 3.92. The van der Waals surface area contributed by atoms with Crippen molar-refractivity contribution in [2.45, 2.75) is 12.6 Å². The third-order valence-corrected chi connectivity index (χ3v) is 3.92. The molecule has 122 valence electrons. The quantitative estimate of drug-likeness (QED) is 0.708. The highest BCUT2D eigenvalue weighted by molar-refractivity contribution is 6.05. The number of fused-ring (bicyclic) bond motifs is 1. The molecule has 1 aromatic carbocycles. The standard InChI is InChI=1S/C16H16N6O2/c1-24-9-11-7-14(22-16(19-11)17-10-18-22)20-13-8-21(15(13)23)12-5-3-2-4-6-12/h2-7,10,13,20H,8-9H2,1H3/t13-/m1/s1. The number of β-lactam (4-membered cyclic amide) rings is 1. The summed E-state index contributed by atoms with van der Waals surface area (Å²) in [6.45, 7) is 0.966. The van der Waals surface area contributed by atoms with Crippen LogP contribution in [-0.2, 0) is 16.1 Å². The molecule has 24 heavy (non-hydrogen) atoms. The lowest BCUT2D eigenvalue weighted by Crippen LogP contribution is -2.60. The second-order valence-electron chi connectivity index (χ2n) is 5.52. The van der Waals surface area contributed by atoms with E-state index in [2.05, 4.69) is 20.4 Å². The molecule has 0 spiro atoms. The van der Waals surface area contributed by atoms with Crippen LogP contribution < -0.4 is 10.2 Å². The molecule has 3 aromatic rings. The Morgan fingerprint density at radius 1 is 1.33 bits per heavy atom. The van der Waals surface area contributed by atoms with Crippen molar-refractivity contribution in [1.29, 1.82) is 0 Å². The number of carbonyl (C=O) groups is 1. The van der Waals surface area contributed by atoms with Crippen LogP contribution in [0.15, 0.2) is 42.7 Å². The molecule has 1 aliphatic rings. The van der Waals surface area contributed by atoms with Gasteiger partial charge in [0, 0.05) is 18.9 Å². The van der Waals surface area contributed by atoms with Gasteiger partial charge in [-0.3, -0.25) is 4.79 Å². The molecular weight excluding hydrogens is 308 g/mol. The van der Waals surface area contributed by atoms with E-state index in [1.54, 1.807) is 16.5 Å². The molecule has 2 aromatic heterocycles. The summed E-state index contributed by atoms with van der Waals surface area (Å²) in [5.41, 5.74) is 1.63. The van der Waals surface area contributed by atoms with E-state index in [0.717, 1.165) is 11.4 Å².